The maximum absolute atomic E-state index is 15.2. The Balaban J connectivity index is 1.66. The highest BCUT2D eigenvalue weighted by Gasteiger charge is 2.55. The molecule has 1 aromatic heterocycles. The van der Waals surface area contributed by atoms with E-state index in [4.69, 9.17) is 21.1 Å². The Bertz CT molecular complexity index is 1880. The Labute approximate surface area is 304 Å². The van der Waals surface area contributed by atoms with Crippen molar-refractivity contribution < 1.29 is 42.5 Å². The average Bonchev–Trinajstić information content (AvgIpc) is 3.62. The number of nitrogens with one attached hydrogen (secondary N) is 2. The van der Waals surface area contributed by atoms with Crippen LogP contribution in [0.4, 0.5) is 18.4 Å². The van der Waals surface area contributed by atoms with Gasteiger partial charge in [-0.05, 0) is 74.3 Å². The van der Waals surface area contributed by atoms with E-state index >= 15 is 4.79 Å². The number of aliphatic imine (C=N–C) groups is 1. The van der Waals surface area contributed by atoms with Gasteiger partial charge in [-0.1, -0.05) is 62.7 Å². The van der Waals surface area contributed by atoms with Crippen molar-refractivity contribution in [2.24, 2.45) is 10.4 Å². The Morgan fingerprint density at radius 2 is 1.77 bits per heavy atom. The Morgan fingerprint density at radius 1 is 1.10 bits per heavy atom. The van der Waals surface area contributed by atoms with Gasteiger partial charge >= 0.3 is 24.7 Å². The molecule has 278 valence electrons. The number of carbonyl (C=O) groups is 4. The van der Waals surface area contributed by atoms with Crippen LogP contribution in [0.15, 0.2) is 59.9 Å². The Morgan fingerprint density at radius 3 is 2.33 bits per heavy atom. The third-order valence-corrected chi connectivity index (χ3v) is 8.55. The molecule has 0 bridgehead atoms. The lowest BCUT2D eigenvalue weighted by Gasteiger charge is -2.35. The lowest BCUT2D eigenvalue weighted by molar-refractivity contribution is -0.134. The lowest BCUT2D eigenvalue weighted by atomic mass is 9.75. The second-order valence-corrected chi connectivity index (χ2v) is 15.4. The predicted molar refractivity (Wildman–Crippen MR) is 187 cm³/mol. The molecule has 13 nitrogen and oxygen atoms in total. The van der Waals surface area contributed by atoms with Crippen LogP contribution >= 0.6 is 11.6 Å². The fourth-order valence-corrected chi connectivity index (χ4v) is 6.13. The molecule has 3 amide bonds. The average molecular weight is 743 g/mol. The van der Waals surface area contributed by atoms with E-state index in [-0.39, 0.29) is 34.6 Å². The van der Waals surface area contributed by atoms with Gasteiger partial charge in [0.15, 0.2) is 0 Å². The number of guanidine groups is 1. The topological polar surface area (TPSA) is 164 Å². The number of ether oxygens (including phenoxy) is 2. The number of alkyl halides is 2. The van der Waals surface area contributed by atoms with Crippen LogP contribution in [0, 0.1) is 5.41 Å². The smallest absolute Gasteiger partial charge is 0.437 e. The summed E-state index contributed by atoms with van der Waals surface area (Å²) in [4.78, 5) is 58.7. The number of aromatic nitrogens is 2. The molecule has 3 N–H and O–H groups in total. The van der Waals surface area contributed by atoms with Gasteiger partial charge < -0.3 is 25.2 Å². The molecule has 2 fully saturated rings. The van der Waals surface area contributed by atoms with Gasteiger partial charge in [-0.15, -0.1) is 4.99 Å². The Kier molecular flexibility index (Phi) is 10.7. The maximum Gasteiger partial charge on any atom is 0.437 e. The highest BCUT2D eigenvalue weighted by atomic mass is 35.5. The zero-order chi connectivity index (χ0) is 38.2. The molecule has 52 heavy (non-hydrogen) atoms. The SMILES string of the molecule is CC(C)(C)CC1(c2ccc(-c3cnn(C(F)F)c3)cc2)NC(=NC(=O)OC(C)(C)C)N([C@H](COC(=O)NC2CC2)c2ccc(Cl)c(C(=O)O)c2)C1=O. The van der Waals surface area contributed by atoms with Gasteiger partial charge in [0.25, 0.3) is 5.91 Å². The minimum Gasteiger partial charge on any atom is -0.478 e. The lowest BCUT2D eigenvalue weighted by Crippen LogP contribution is -2.47. The first-order chi connectivity index (χ1) is 24.3. The van der Waals surface area contributed by atoms with Crippen molar-refractivity contribution >= 4 is 41.6 Å². The van der Waals surface area contributed by atoms with Crippen molar-refractivity contribution in [1.29, 1.82) is 0 Å². The van der Waals surface area contributed by atoms with Crippen LogP contribution < -0.4 is 10.6 Å². The molecule has 1 aliphatic carbocycles. The first-order valence-corrected chi connectivity index (χ1v) is 17.0. The number of rotatable bonds is 10. The van der Waals surface area contributed by atoms with E-state index in [9.17, 15) is 28.3 Å². The number of carboxylic acids is 1. The maximum atomic E-state index is 15.2. The Hall–Kier alpha value is -5.05. The molecule has 2 aliphatic rings. The summed E-state index contributed by atoms with van der Waals surface area (Å²) in [5.41, 5.74) is -1.65. The molecule has 2 atom stereocenters. The van der Waals surface area contributed by atoms with E-state index < -0.39 is 59.8 Å². The van der Waals surface area contributed by atoms with E-state index in [1.54, 1.807) is 45.0 Å². The minimum atomic E-state index is -2.82. The van der Waals surface area contributed by atoms with Crippen molar-refractivity contribution in [2.75, 3.05) is 6.61 Å². The van der Waals surface area contributed by atoms with Crippen LogP contribution in [-0.2, 0) is 19.8 Å². The number of alkyl carbamates (subject to hydrolysis) is 1. The molecular weight excluding hydrogens is 702 g/mol. The molecule has 0 spiro atoms. The number of carboxylic acid groups (broad SMARTS) is 1. The van der Waals surface area contributed by atoms with Gasteiger partial charge in [0.2, 0.25) is 5.96 Å². The molecule has 0 radical (unpaired) electrons. The van der Waals surface area contributed by atoms with E-state index in [0.717, 1.165) is 12.8 Å². The summed E-state index contributed by atoms with van der Waals surface area (Å²) in [6, 6.07) is 9.54. The van der Waals surface area contributed by atoms with Gasteiger partial charge in [-0.25, -0.2) is 19.1 Å². The number of carbonyl (C=O) groups excluding carboxylic acids is 3. The van der Waals surface area contributed by atoms with E-state index in [1.165, 1.54) is 35.5 Å². The van der Waals surface area contributed by atoms with Crippen molar-refractivity contribution in [3.05, 3.63) is 76.6 Å². The van der Waals surface area contributed by atoms with E-state index in [0.29, 0.717) is 21.4 Å². The largest absolute Gasteiger partial charge is 0.478 e. The van der Waals surface area contributed by atoms with Crippen LogP contribution in [0.3, 0.4) is 0 Å². The monoisotopic (exact) mass is 742 g/mol. The van der Waals surface area contributed by atoms with Gasteiger partial charge in [0, 0.05) is 17.8 Å². The second-order valence-electron chi connectivity index (χ2n) is 15.0. The van der Waals surface area contributed by atoms with Crippen LogP contribution in [0.25, 0.3) is 11.1 Å². The first kappa shape index (κ1) is 38.2. The molecule has 3 aromatic rings. The molecule has 1 saturated heterocycles. The summed E-state index contributed by atoms with van der Waals surface area (Å²) in [5.74, 6) is -2.15. The number of halogens is 3. The molecule has 1 saturated carbocycles. The predicted octanol–water partition coefficient (Wildman–Crippen LogP) is 7.28. The van der Waals surface area contributed by atoms with Gasteiger partial charge in [0.1, 0.15) is 17.7 Å². The van der Waals surface area contributed by atoms with Crippen molar-refractivity contribution in [1.82, 2.24) is 25.3 Å². The van der Waals surface area contributed by atoms with Crippen LogP contribution in [-0.4, -0.2) is 68.1 Å². The highest BCUT2D eigenvalue weighted by molar-refractivity contribution is 6.33. The number of aromatic carboxylic acids is 1. The minimum absolute atomic E-state index is 0.0356. The normalized spacial score (nSPS) is 19.1. The van der Waals surface area contributed by atoms with Gasteiger partial charge in [0.05, 0.1) is 22.8 Å². The fourth-order valence-electron chi connectivity index (χ4n) is 5.93. The summed E-state index contributed by atoms with van der Waals surface area (Å²) in [5, 5.41) is 19.5. The zero-order valence-electron chi connectivity index (χ0n) is 29.6. The summed E-state index contributed by atoms with van der Waals surface area (Å²) in [6.07, 6.45) is 2.50. The summed E-state index contributed by atoms with van der Waals surface area (Å²) < 4.78 is 38.1. The molecular formula is C36H41ClF2N6O7. The quantitative estimate of drug-likeness (QED) is 0.194. The molecule has 1 aliphatic heterocycles. The molecule has 2 heterocycles. The summed E-state index contributed by atoms with van der Waals surface area (Å²) in [7, 11) is 0. The number of nitrogens with zero attached hydrogens (tertiary/aromatic N) is 4. The zero-order valence-corrected chi connectivity index (χ0v) is 30.3. The van der Waals surface area contributed by atoms with E-state index in [2.05, 4.69) is 20.7 Å². The molecule has 2 aromatic carbocycles. The number of benzene rings is 2. The van der Waals surface area contributed by atoms with Gasteiger partial charge in [-0.2, -0.15) is 13.9 Å². The molecule has 16 heteroatoms. The van der Waals surface area contributed by atoms with Crippen molar-refractivity contribution in [3.63, 3.8) is 0 Å². The molecule has 5 rings (SSSR count). The fraction of sp³-hybridized carbons (Fsp3) is 0.444. The third kappa shape index (κ3) is 8.87. The van der Waals surface area contributed by atoms with Crippen LogP contribution in [0.1, 0.15) is 94.9 Å². The van der Waals surface area contributed by atoms with Crippen LogP contribution in [0.2, 0.25) is 5.02 Å². The number of hydrogen-bond acceptors (Lipinski definition) is 7. The van der Waals surface area contributed by atoms with Gasteiger partial charge in [-0.3, -0.25) is 9.69 Å². The van der Waals surface area contributed by atoms with Crippen molar-refractivity contribution in [3.8, 4) is 11.1 Å². The summed E-state index contributed by atoms with van der Waals surface area (Å²) in [6.45, 7) is 7.45. The second kappa shape index (κ2) is 14.5. The number of amides is 3. The molecule has 1 unspecified atom stereocenters. The number of hydrogen-bond donors (Lipinski definition) is 3. The van der Waals surface area contributed by atoms with E-state index in [1.807, 2.05) is 20.8 Å². The van der Waals surface area contributed by atoms with Crippen molar-refractivity contribution in [2.45, 2.75) is 90.6 Å². The first-order valence-electron chi connectivity index (χ1n) is 16.6. The third-order valence-electron chi connectivity index (χ3n) is 8.22. The standard InChI is InChI=1S/C36H41ClF2N6O7/c1-34(2,3)19-36(23-10-7-20(8-11-23)22-16-40-44(17-22)30(38)39)29(48)45(31(43-36)42-33(50)52-35(4,5)6)27(18-51-32(49)41-24-12-13-24)21-9-14-26(37)25(15-21)28(46)47/h7-11,14-17,24,27,30H,12-13,18-19H2,1-6H3,(H,41,49)(H,46,47)(H,42,43,50)/t27-,36?/m1/s1. The highest BCUT2D eigenvalue weighted by Crippen LogP contribution is 2.43. The van der Waals surface area contributed by atoms with Crippen LogP contribution in [0.5, 0.6) is 0 Å². The summed E-state index contributed by atoms with van der Waals surface area (Å²) >= 11 is 6.21.